The van der Waals surface area contributed by atoms with Crippen molar-refractivity contribution in [2.45, 2.75) is 12.8 Å². The molecule has 0 atom stereocenters. The van der Waals surface area contributed by atoms with Crippen LogP contribution in [0.15, 0.2) is 42.1 Å². The summed E-state index contributed by atoms with van der Waals surface area (Å²) in [5, 5.41) is 0. The van der Waals surface area contributed by atoms with E-state index in [0.29, 0.717) is 6.42 Å². The van der Waals surface area contributed by atoms with Gasteiger partial charge in [0.1, 0.15) is 0 Å². The third kappa shape index (κ3) is 1.72. The van der Waals surface area contributed by atoms with E-state index < -0.39 is 0 Å². The van der Waals surface area contributed by atoms with Gasteiger partial charge in [-0.3, -0.25) is 0 Å². The van der Waals surface area contributed by atoms with Crippen LogP contribution in [0.3, 0.4) is 0 Å². The molecule has 2 aliphatic heterocycles. The van der Waals surface area contributed by atoms with Gasteiger partial charge in [-0.05, 0) is 12.0 Å². The summed E-state index contributed by atoms with van der Waals surface area (Å²) in [6.45, 7) is 0.920. The average molecular weight is 241 g/mol. The van der Waals surface area contributed by atoms with E-state index in [2.05, 4.69) is 35.2 Å². The van der Waals surface area contributed by atoms with Gasteiger partial charge < -0.3 is 9.64 Å². The van der Waals surface area contributed by atoms with Gasteiger partial charge in [0.15, 0.2) is 0 Å². The van der Waals surface area contributed by atoms with Crippen molar-refractivity contribution in [3.05, 3.63) is 53.2 Å². The summed E-state index contributed by atoms with van der Waals surface area (Å²) in [5.41, 5.74) is 4.60. The topological polar surface area (TPSA) is 29.5 Å². The van der Waals surface area contributed by atoms with E-state index >= 15 is 0 Å². The van der Waals surface area contributed by atoms with Crippen LogP contribution in [-0.4, -0.2) is 24.5 Å². The van der Waals surface area contributed by atoms with Gasteiger partial charge in [0, 0.05) is 30.4 Å². The largest absolute Gasteiger partial charge is 0.466 e. The molecule has 3 rings (SSSR count). The second-order valence-corrected chi connectivity index (χ2v) is 4.54. The minimum absolute atomic E-state index is 0.232. The zero-order valence-electron chi connectivity index (χ0n) is 10.3. The number of nitrogens with zero attached hydrogens (tertiary/aromatic N) is 1. The Morgan fingerprint density at radius 3 is 3.00 bits per heavy atom. The summed E-state index contributed by atoms with van der Waals surface area (Å²) in [7, 11) is 1.42. The van der Waals surface area contributed by atoms with E-state index in [1.165, 1.54) is 23.9 Å². The van der Waals surface area contributed by atoms with E-state index in [1.807, 2.05) is 6.20 Å². The summed E-state index contributed by atoms with van der Waals surface area (Å²) in [6.07, 6.45) is 5.70. The van der Waals surface area contributed by atoms with E-state index in [4.69, 9.17) is 4.74 Å². The Kier molecular flexibility index (Phi) is 2.67. The normalized spacial score (nSPS) is 17.3. The van der Waals surface area contributed by atoms with Crippen molar-refractivity contribution in [3.63, 3.8) is 0 Å². The molecule has 0 amide bonds. The summed E-state index contributed by atoms with van der Waals surface area (Å²) in [5.74, 6) is -0.232. The van der Waals surface area contributed by atoms with Crippen molar-refractivity contribution in [1.82, 2.24) is 4.90 Å². The highest BCUT2D eigenvalue weighted by Crippen LogP contribution is 2.33. The van der Waals surface area contributed by atoms with Crippen LogP contribution in [0.5, 0.6) is 0 Å². The summed E-state index contributed by atoms with van der Waals surface area (Å²) >= 11 is 0. The van der Waals surface area contributed by atoms with Gasteiger partial charge in [0.25, 0.3) is 0 Å². The number of methoxy groups -OCH3 is 1. The Morgan fingerprint density at radius 2 is 2.17 bits per heavy atom. The quantitative estimate of drug-likeness (QED) is 0.707. The number of esters is 1. The zero-order valence-corrected chi connectivity index (χ0v) is 10.3. The van der Waals surface area contributed by atoms with Crippen molar-refractivity contribution in [2.24, 2.45) is 0 Å². The first-order valence-corrected chi connectivity index (χ1v) is 6.13. The van der Waals surface area contributed by atoms with Gasteiger partial charge in [0.05, 0.1) is 12.7 Å². The molecule has 0 N–H and O–H groups in total. The number of ether oxygens (including phenoxy) is 1. The van der Waals surface area contributed by atoms with Crippen molar-refractivity contribution in [1.29, 1.82) is 0 Å². The van der Waals surface area contributed by atoms with Gasteiger partial charge >= 0.3 is 5.97 Å². The molecule has 92 valence electrons. The number of fused-ring (bicyclic) bond motifs is 3. The molecule has 0 aliphatic carbocycles. The number of benzene rings is 1. The lowest BCUT2D eigenvalue weighted by molar-refractivity contribution is -0.136. The molecule has 0 saturated heterocycles. The van der Waals surface area contributed by atoms with Crippen molar-refractivity contribution in [3.8, 4) is 0 Å². The summed E-state index contributed by atoms with van der Waals surface area (Å²) in [4.78, 5) is 13.7. The van der Waals surface area contributed by atoms with E-state index in [1.54, 1.807) is 0 Å². The fraction of sp³-hybridized carbons (Fsp3) is 0.267. The zero-order chi connectivity index (χ0) is 12.5. The van der Waals surface area contributed by atoms with Gasteiger partial charge in [0.2, 0.25) is 0 Å². The van der Waals surface area contributed by atoms with Crippen LogP contribution < -0.4 is 0 Å². The van der Waals surface area contributed by atoms with Crippen LogP contribution in [0.1, 0.15) is 17.5 Å². The van der Waals surface area contributed by atoms with Crippen LogP contribution >= 0.6 is 0 Å². The molecule has 0 unspecified atom stereocenters. The molecule has 0 saturated carbocycles. The highest BCUT2D eigenvalue weighted by Gasteiger charge is 2.24. The Hall–Kier alpha value is -2.03. The lowest BCUT2D eigenvalue weighted by Gasteiger charge is -2.33. The average Bonchev–Trinajstić information content (AvgIpc) is 2.45. The number of allylic oxidation sites excluding steroid dienone is 1. The van der Waals surface area contributed by atoms with Crippen LogP contribution in [0.4, 0.5) is 0 Å². The molecule has 1 aromatic rings. The first kappa shape index (κ1) is 11.1. The second kappa shape index (κ2) is 4.33. The fourth-order valence-corrected chi connectivity index (χ4v) is 2.58. The molecule has 2 heterocycles. The fourth-order valence-electron chi connectivity index (χ4n) is 2.58. The maximum absolute atomic E-state index is 11.5. The molecule has 0 fully saturated rings. The Morgan fingerprint density at radius 1 is 1.33 bits per heavy atom. The highest BCUT2D eigenvalue weighted by atomic mass is 16.5. The van der Waals surface area contributed by atoms with E-state index in [-0.39, 0.29) is 5.97 Å². The predicted molar refractivity (Wildman–Crippen MR) is 69.5 cm³/mol. The molecule has 0 aromatic heterocycles. The van der Waals surface area contributed by atoms with Gasteiger partial charge in [-0.2, -0.15) is 0 Å². The van der Waals surface area contributed by atoms with Crippen LogP contribution in [0.25, 0.3) is 5.70 Å². The highest BCUT2D eigenvalue weighted by molar-refractivity contribution is 5.90. The lowest BCUT2D eigenvalue weighted by atomic mass is 9.93. The second-order valence-electron chi connectivity index (χ2n) is 4.54. The number of carbonyl (C=O) groups excluding carboxylic acids is 1. The minimum Gasteiger partial charge on any atom is -0.466 e. The lowest BCUT2D eigenvalue weighted by Crippen LogP contribution is -2.28. The molecule has 3 nitrogen and oxygen atoms in total. The van der Waals surface area contributed by atoms with Crippen LogP contribution in [0, 0.1) is 0 Å². The standard InChI is InChI=1S/C15H15NO2/c1-18-15(17)12-6-7-14-13-5-3-2-4-11(13)8-9-16(14)10-12/h2-5,7,10H,6,8-9H2,1H3. The molecule has 0 bridgehead atoms. The van der Waals surface area contributed by atoms with E-state index in [9.17, 15) is 4.79 Å². The SMILES string of the molecule is COC(=O)C1=CN2CCc3ccccc3C2=CC1. The first-order chi connectivity index (χ1) is 8.79. The molecule has 0 spiro atoms. The minimum atomic E-state index is -0.232. The molecular formula is C15H15NO2. The molecular weight excluding hydrogens is 226 g/mol. The van der Waals surface area contributed by atoms with E-state index in [0.717, 1.165) is 18.5 Å². The maximum atomic E-state index is 11.5. The Labute approximate surface area is 106 Å². The van der Waals surface area contributed by atoms with Crippen LogP contribution in [-0.2, 0) is 16.0 Å². The van der Waals surface area contributed by atoms with Crippen molar-refractivity contribution < 1.29 is 9.53 Å². The van der Waals surface area contributed by atoms with Gasteiger partial charge in [-0.25, -0.2) is 4.79 Å². The number of rotatable bonds is 1. The Bertz CT molecular complexity index is 557. The molecule has 0 radical (unpaired) electrons. The molecule has 2 aliphatic rings. The first-order valence-electron chi connectivity index (χ1n) is 6.13. The van der Waals surface area contributed by atoms with Gasteiger partial charge in [-0.1, -0.05) is 30.3 Å². The smallest absolute Gasteiger partial charge is 0.335 e. The number of carbonyl (C=O) groups is 1. The van der Waals surface area contributed by atoms with Crippen molar-refractivity contribution >= 4 is 11.7 Å². The molecule has 3 heteroatoms. The predicted octanol–water partition coefficient (Wildman–Crippen LogP) is 2.35. The van der Waals surface area contributed by atoms with Gasteiger partial charge in [-0.15, -0.1) is 0 Å². The maximum Gasteiger partial charge on any atom is 0.335 e. The molecule has 18 heavy (non-hydrogen) atoms. The third-order valence-corrected chi connectivity index (χ3v) is 3.50. The molecule has 1 aromatic carbocycles. The monoisotopic (exact) mass is 241 g/mol. The Balaban J connectivity index is 1.95. The summed E-state index contributed by atoms with van der Waals surface area (Å²) < 4.78 is 4.78. The number of hydrogen-bond acceptors (Lipinski definition) is 3. The van der Waals surface area contributed by atoms with Crippen LogP contribution in [0.2, 0.25) is 0 Å². The number of hydrogen-bond donors (Lipinski definition) is 0. The van der Waals surface area contributed by atoms with Crippen molar-refractivity contribution in [2.75, 3.05) is 13.7 Å². The summed E-state index contributed by atoms with van der Waals surface area (Å²) in [6, 6.07) is 8.45. The third-order valence-electron chi connectivity index (χ3n) is 3.50.